The van der Waals surface area contributed by atoms with Crippen LogP contribution in [-0.2, 0) is 6.42 Å². The van der Waals surface area contributed by atoms with Gasteiger partial charge in [-0.3, -0.25) is 4.90 Å². The van der Waals surface area contributed by atoms with Gasteiger partial charge in [0, 0.05) is 67.1 Å². The predicted octanol–water partition coefficient (Wildman–Crippen LogP) is 3.92. The van der Waals surface area contributed by atoms with E-state index in [1.54, 1.807) is 6.33 Å². The third-order valence-electron chi connectivity index (χ3n) is 7.30. The molecule has 0 spiro atoms. The van der Waals surface area contributed by atoms with Crippen LogP contribution >= 0.6 is 0 Å². The highest BCUT2D eigenvalue weighted by Crippen LogP contribution is 2.34. The van der Waals surface area contributed by atoms with E-state index in [0.717, 1.165) is 84.1 Å². The Morgan fingerprint density at radius 3 is 2.56 bits per heavy atom. The van der Waals surface area contributed by atoms with Gasteiger partial charge in [-0.1, -0.05) is 19.1 Å². The molecule has 8 nitrogen and oxygen atoms in total. The Labute approximate surface area is 210 Å². The third kappa shape index (κ3) is 4.02. The van der Waals surface area contributed by atoms with Crippen molar-refractivity contribution in [3.8, 4) is 22.4 Å². The van der Waals surface area contributed by atoms with Gasteiger partial charge in [0.05, 0.1) is 12.3 Å². The second-order valence-electron chi connectivity index (χ2n) is 9.49. The van der Waals surface area contributed by atoms with Gasteiger partial charge in [0.25, 0.3) is 0 Å². The number of aliphatic hydroxyl groups excluding tert-OH is 1. The molecule has 1 aromatic carbocycles. The predicted molar refractivity (Wildman–Crippen MR) is 143 cm³/mol. The van der Waals surface area contributed by atoms with E-state index >= 15 is 0 Å². The summed E-state index contributed by atoms with van der Waals surface area (Å²) in [5, 5.41) is 14.8. The lowest BCUT2D eigenvalue weighted by Crippen LogP contribution is -2.47. The summed E-state index contributed by atoms with van der Waals surface area (Å²) in [6, 6.07) is 13.1. The maximum Gasteiger partial charge on any atom is 0.158 e. The molecule has 1 saturated heterocycles. The normalized spacial score (nSPS) is 14.8. The largest absolute Gasteiger partial charge is 0.395 e. The molecule has 184 valence electrons. The van der Waals surface area contributed by atoms with Crippen molar-refractivity contribution >= 4 is 22.4 Å². The number of rotatable bonds is 6. The zero-order chi connectivity index (χ0) is 24.6. The first kappa shape index (κ1) is 22.7. The number of anilines is 1. The molecule has 0 radical (unpaired) electrons. The smallest absolute Gasteiger partial charge is 0.158 e. The lowest BCUT2D eigenvalue weighted by atomic mass is 10.0. The molecule has 0 bridgehead atoms. The molecule has 5 heterocycles. The fourth-order valence-corrected chi connectivity index (χ4v) is 5.37. The molecule has 0 amide bonds. The topological polar surface area (TPSA) is 85.6 Å². The second-order valence-corrected chi connectivity index (χ2v) is 9.49. The highest BCUT2D eigenvalue weighted by molar-refractivity contribution is 5.93. The van der Waals surface area contributed by atoms with E-state index in [2.05, 4.69) is 75.1 Å². The number of aliphatic hydroxyl groups is 1. The first-order valence-electron chi connectivity index (χ1n) is 12.6. The monoisotopic (exact) mass is 481 g/mol. The van der Waals surface area contributed by atoms with Crippen LogP contribution in [0.25, 0.3) is 38.9 Å². The number of nitrogens with one attached hydrogen (secondary N) is 1. The van der Waals surface area contributed by atoms with Crippen LogP contribution in [0.15, 0.2) is 55.1 Å². The lowest BCUT2D eigenvalue weighted by molar-refractivity contribution is 0.188. The number of fused-ring (bicyclic) bond motifs is 2. The summed E-state index contributed by atoms with van der Waals surface area (Å²) in [5.41, 5.74) is 8.93. The van der Waals surface area contributed by atoms with Crippen molar-refractivity contribution in [3.63, 3.8) is 0 Å². The maximum atomic E-state index is 9.16. The molecule has 5 aromatic rings. The van der Waals surface area contributed by atoms with Gasteiger partial charge in [-0.2, -0.15) is 5.10 Å². The molecule has 0 atom stereocenters. The van der Waals surface area contributed by atoms with Gasteiger partial charge in [-0.25, -0.2) is 14.5 Å². The number of β-amino-alcohol motifs (C(OH)–C–C–N with tert-alkyl or cyclic N) is 1. The summed E-state index contributed by atoms with van der Waals surface area (Å²) in [6.07, 6.45) is 6.56. The molecule has 8 heteroatoms. The van der Waals surface area contributed by atoms with Crippen LogP contribution in [0.2, 0.25) is 0 Å². The second kappa shape index (κ2) is 9.37. The number of nitrogens with zero attached hydrogens (tertiary/aromatic N) is 6. The van der Waals surface area contributed by atoms with Crippen molar-refractivity contribution in [2.45, 2.75) is 20.3 Å². The van der Waals surface area contributed by atoms with E-state index in [1.165, 1.54) is 10.9 Å². The maximum absolute atomic E-state index is 9.16. The Morgan fingerprint density at radius 2 is 1.81 bits per heavy atom. The van der Waals surface area contributed by atoms with E-state index in [4.69, 9.17) is 10.1 Å². The Hall–Kier alpha value is -3.75. The SMILES string of the molecule is CCc1c(-c2cc(C)c3ncnn3c2)[nH]c2cc(-c3ccc(N4CCN(CCO)CC4)nc3)ccc12. The molecule has 2 N–H and O–H groups in total. The van der Waals surface area contributed by atoms with E-state index in [9.17, 15) is 0 Å². The summed E-state index contributed by atoms with van der Waals surface area (Å²) in [6.45, 7) is 9.02. The van der Waals surface area contributed by atoms with Crippen LogP contribution in [0.3, 0.4) is 0 Å². The van der Waals surface area contributed by atoms with Gasteiger partial charge in [0.15, 0.2) is 5.65 Å². The first-order valence-corrected chi connectivity index (χ1v) is 12.6. The number of piperazine rings is 1. The van der Waals surface area contributed by atoms with Crippen molar-refractivity contribution < 1.29 is 5.11 Å². The fourth-order valence-electron chi connectivity index (χ4n) is 5.37. The summed E-state index contributed by atoms with van der Waals surface area (Å²) < 4.78 is 1.85. The van der Waals surface area contributed by atoms with Crippen LogP contribution < -0.4 is 4.90 Å². The molecular weight excluding hydrogens is 450 g/mol. The van der Waals surface area contributed by atoms with Crippen LogP contribution in [0.1, 0.15) is 18.1 Å². The highest BCUT2D eigenvalue weighted by atomic mass is 16.3. The molecular formula is C28H31N7O. The van der Waals surface area contributed by atoms with Crippen molar-refractivity contribution in [1.82, 2.24) is 29.5 Å². The number of pyridine rings is 2. The minimum Gasteiger partial charge on any atom is -0.395 e. The Bertz CT molecular complexity index is 1510. The molecule has 1 aliphatic rings. The van der Waals surface area contributed by atoms with Crippen molar-refractivity contribution in [2.75, 3.05) is 44.2 Å². The molecule has 1 fully saturated rings. The zero-order valence-electron chi connectivity index (χ0n) is 20.8. The highest BCUT2D eigenvalue weighted by Gasteiger charge is 2.18. The minimum absolute atomic E-state index is 0.218. The van der Waals surface area contributed by atoms with Crippen LogP contribution in [0.5, 0.6) is 0 Å². The zero-order valence-corrected chi connectivity index (χ0v) is 20.8. The minimum atomic E-state index is 0.218. The van der Waals surface area contributed by atoms with E-state index < -0.39 is 0 Å². The fraction of sp³-hybridized carbons (Fsp3) is 0.321. The Balaban J connectivity index is 1.29. The number of H-pyrrole nitrogens is 1. The van der Waals surface area contributed by atoms with Gasteiger partial charge in [0.2, 0.25) is 0 Å². The van der Waals surface area contributed by atoms with E-state index in [0.29, 0.717) is 0 Å². The third-order valence-corrected chi connectivity index (χ3v) is 7.30. The van der Waals surface area contributed by atoms with Crippen LogP contribution in [0.4, 0.5) is 5.82 Å². The van der Waals surface area contributed by atoms with Gasteiger partial charge in [-0.05, 0) is 54.3 Å². The van der Waals surface area contributed by atoms with E-state index in [1.807, 2.05) is 16.9 Å². The lowest BCUT2D eigenvalue weighted by Gasteiger charge is -2.35. The number of hydrogen-bond donors (Lipinski definition) is 2. The summed E-state index contributed by atoms with van der Waals surface area (Å²) >= 11 is 0. The van der Waals surface area contributed by atoms with Gasteiger partial charge in [-0.15, -0.1) is 0 Å². The molecule has 0 saturated carbocycles. The van der Waals surface area contributed by atoms with Crippen molar-refractivity contribution in [3.05, 3.63) is 66.2 Å². The Kier molecular flexibility index (Phi) is 5.91. The molecule has 1 aliphatic heterocycles. The Morgan fingerprint density at radius 1 is 0.972 bits per heavy atom. The average Bonchev–Trinajstić information content (AvgIpc) is 3.54. The average molecular weight is 482 g/mol. The quantitative estimate of drug-likeness (QED) is 0.382. The number of benzene rings is 1. The number of hydrogen-bond acceptors (Lipinski definition) is 6. The number of aromatic amines is 1. The first-order chi connectivity index (χ1) is 17.6. The van der Waals surface area contributed by atoms with Crippen LogP contribution in [-0.4, -0.2) is 73.9 Å². The standard InChI is InChI=1S/C28H31N7O/c1-3-23-24-6-4-20(21-5-7-26(29-16-21)34-10-8-33(9-11-34)12-13-36)15-25(24)32-27(23)22-14-19(2)28-30-18-31-35(28)17-22/h4-7,14-18,32,36H,3,8-13H2,1-2H3. The molecule has 6 rings (SSSR count). The van der Waals surface area contributed by atoms with Crippen molar-refractivity contribution in [1.29, 1.82) is 0 Å². The van der Waals surface area contributed by atoms with E-state index in [-0.39, 0.29) is 6.61 Å². The van der Waals surface area contributed by atoms with Crippen molar-refractivity contribution in [2.24, 2.45) is 0 Å². The molecule has 36 heavy (non-hydrogen) atoms. The summed E-state index contributed by atoms with van der Waals surface area (Å²) in [4.78, 5) is 17.4. The summed E-state index contributed by atoms with van der Waals surface area (Å²) in [7, 11) is 0. The van der Waals surface area contributed by atoms with Crippen LogP contribution in [0, 0.1) is 6.92 Å². The number of aryl methyl sites for hydroxylation is 2. The van der Waals surface area contributed by atoms with Gasteiger partial charge >= 0.3 is 0 Å². The molecule has 0 unspecified atom stereocenters. The molecule has 0 aliphatic carbocycles. The van der Waals surface area contributed by atoms with Gasteiger partial charge in [0.1, 0.15) is 12.1 Å². The number of aromatic nitrogens is 5. The van der Waals surface area contributed by atoms with Gasteiger partial charge < -0.3 is 15.0 Å². The summed E-state index contributed by atoms with van der Waals surface area (Å²) in [5.74, 6) is 1.01. The molecule has 4 aromatic heterocycles.